The number of hydrogen-bond acceptors (Lipinski definition) is 7. The molecule has 4 heterocycles. The number of nitrogens with one attached hydrogen (secondary N) is 2. The van der Waals surface area contributed by atoms with Gasteiger partial charge in [0.05, 0.1) is 23.1 Å². The van der Waals surface area contributed by atoms with E-state index in [1.54, 1.807) is 17.1 Å². The summed E-state index contributed by atoms with van der Waals surface area (Å²) in [5.74, 6) is -0.722. The number of rotatable bonds is 8. The first-order valence-electron chi connectivity index (χ1n) is 14.1. The van der Waals surface area contributed by atoms with Gasteiger partial charge in [-0.1, -0.05) is 25.5 Å². The fourth-order valence-corrected chi connectivity index (χ4v) is 6.14. The summed E-state index contributed by atoms with van der Waals surface area (Å²) in [4.78, 5) is 32.1. The largest absolute Gasteiger partial charge is 0.478 e. The second-order valence-corrected chi connectivity index (χ2v) is 11.0. The quantitative estimate of drug-likeness (QED) is 0.386. The van der Waals surface area contributed by atoms with Crippen molar-refractivity contribution in [3.05, 3.63) is 77.6 Å². The van der Waals surface area contributed by atoms with E-state index >= 15 is 0 Å². The summed E-state index contributed by atoms with van der Waals surface area (Å²) in [6.07, 6.45) is 13.0. The highest BCUT2D eigenvalue weighted by Crippen LogP contribution is 2.52. The predicted molar refractivity (Wildman–Crippen MR) is 150 cm³/mol. The second kappa shape index (κ2) is 10.8. The van der Waals surface area contributed by atoms with Crippen LogP contribution in [0.25, 0.3) is 16.8 Å². The Labute approximate surface area is 233 Å². The minimum absolute atomic E-state index is 0.0348. The number of carboxylic acid groups (broad SMARTS) is 1. The molecular formula is C30H35N7O3. The van der Waals surface area contributed by atoms with E-state index in [0.717, 1.165) is 61.2 Å². The maximum Gasteiger partial charge on any atom is 0.339 e. The molecule has 0 spiro atoms. The van der Waals surface area contributed by atoms with Crippen LogP contribution in [-0.2, 0) is 0 Å². The van der Waals surface area contributed by atoms with Gasteiger partial charge in [0.15, 0.2) is 0 Å². The van der Waals surface area contributed by atoms with Crippen LogP contribution in [0.1, 0.15) is 77.8 Å². The number of hydrogen-bond donors (Lipinski definition) is 3. The van der Waals surface area contributed by atoms with E-state index in [-0.39, 0.29) is 29.3 Å². The van der Waals surface area contributed by atoms with Gasteiger partial charge >= 0.3 is 5.97 Å². The van der Waals surface area contributed by atoms with Crippen molar-refractivity contribution >= 4 is 11.9 Å². The summed E-state index contributed by atoms with van der Waals surface area (Å²) in [5.41, 5.74) is 11.2. The first-order valence-corrected chi connectivity index (χ1v) is 14.1. The van der Waals surface area contributed by atoms with Crippen LogP contribution >= 0.6 is 0 Å². The van der Waals surface area contributed by atoms with Crippen molar-refractivity contribution in [3.8, 4) is 16.8 Å². The molecule has 2 aromatic heterocycles. The molecule has 1 aliphatic carbocycles. The molecule has 10 nitrogen and oxygen atoms in total. The lowest BCUT2D eigenvalue weighted by Crippen LogP contribution is -2.43. The normalized spacial score (nSPS) is 22.1. The minimum atomic E-state index is -0.985. The third-order valence-corrected chi connectivity index (χ3v) is 8.21. The summed E-state index contributed by atoms with van der Waals surface area (Å²) < 4.78 is 1.75. The van der Waals surface area contributed by atoms with Gasteiger partial charge in [-0.05, 0) is 55.9 Å². The Morgan fingerprint density at radius 1 is 1.10 bits per heavy atom. The van der Waals surface area contributed by atoms with Crippen LogP contribution in [0.4, 0.5) is 0 Å². The number of pyridine rings is 1. The van der Waals surface area contributed by atoms with Crippen molar-refractivity contribution < 1.29 is 14.7 Å². The Hall–Kier alpha value is -4.18. The summed E-state index contributed by atoms with van der Waals surface area (Å²) in [5, 5.41) is 16.3. The standard InChI is InChI=1S/C30H35N7O3/c1-3-7-22-9-4-5-11-36(22)29(38)21-12-20(15-31-16-21)19-8-6-10-23(13-19)37-28(26(17-32-37)30(39)40)25-14-24(25)27-18-35(2)34-33-27/h6,8,10,12-13,15-18,22,24-25,33-34H,3-5,7,9,11,14H2,1-2H3,(H,39,40)/t22-,24?,25?/m1/s1. The summed E-state index contributed by atoms with van der Waals surface area (Å²) in [6.45, 7) is 2.96. The molecule has 3 atom stereocenters. The lowest BCUT2D eigenvalue weighted by molar-refractivity contribution is 0.0599. The number of piperidine rings is 1. The summed E-state index contributed by atoms with van der Waals surface area (Å²) in [7, 11) is 1.91. The Balaban J connectivity index is 1.30. The van der Waals surface area contributed by atoms with Crippen LogP contribution in [0.15, 0.2) is 60.8 Å². The maximum absolute atomic E-state index is 13.5. The van der Waals surface area contributed by atoms with Gasteiger partial charge in [-0.2, -0.15) is 5.10 Å². The molecule has 1 aromatic carbocycles. The number of carbonyl (C=O) groups is 2. The van der Waals surface area contributed by atoms with Gasteiger partial charge in [0.1, 0.15) is 5.56 Å². The second-order valence-electron chi connectivity index (χ2n) is 11.0. The van der Waals surface area contributed by atoms with Gasteiger partial charge in [0, 0.05) is 61.3 Å². The molecule has 0 bridgehead atoms. The molecule has 10 heteroatoms. The van der Waals surface area contributed by atoms with E-state index < -0.39 is 5.97 Å². The van der Waals surface area contributed by atoms with E-state index in [9.17, 15) is 14.7 Å². The molecule has 3 aliphatic rings. The van der Waals surface area contributed by atoms with Gasteiger partial charge in [-0.15, -0.1) is 5.53 Å². The molecule has 1 saturated carbocycles. The molecule has 2 aliphatic heterocycles. The molecule has 3 aromatic rings. The van der Waals surface area contributed by atoms with E-state index in [4.69, 9.17) is 0 Å². The fourth-order valence-electron chi connectivity index (χ4n) is 6.14. The highest BCUT2D eigenvalue weighted by Gasteiger charge is 2.46. The average molecular weight is 542 g/mol. The van der Waals surface area contributed by atoms with E-state index in [2.05, 4.69) is 28.0 Å². The number of hydrazine groups is 2. The Kier molecular flexibility index (Phi) is 7.02. The molecule has 208 valence electrons. The number of amides is 1. The number of likely N-dealkylation sites (tertiary alicyclic amines) is 1. The lowest BCUT2D eigenvalue weighted by Gasteiger charge is -2.35. The molecule has 6 rings (SSSR count). The number of nitrogens with zero attached hydrogens (tertiary/aromatic N) is 5. The Bertz CT molecular complexity index is 1460. The van der Waals surface area contributed by atoms with Crippen molar-refractivity contribution in [3.63, 3.8) is 0 Å². The van der Waals surface area contributed by atoms with Crippen LogP contribution in [0.3, 0.4) is 0 Å². The van der Waals surface area contributed by atoms with Crippen LogP contribution < -0.4 is 11.0 Å². The highest BCUT2D eigenvalue weighted by atomic mass is 16.4. The monoisotopic (exact) mass is 541 g/mol. The average Bonchev–Trinajstić information content (AvgIpc) is 3.41. The first-order chi connectivity index (χ1) is 19.4. The number of aromatic carboxylic acids is 1. The fraction of sp³-hybridized carbons (Fsp3) is 0.400. The van der Waals surface area contributed by atoms with Gasteiger partial charge < -0.3 is 15.4 Å². The molecule has 2 unspecified atom stereocenters. The van der Waals surface area contributed by atoms with Crippen LogP contribution in [-0.4, -0.2) is 61.3 Å². The Morgan fingerprint density at radius 3 is 2.75 bits per heavy atom. The molecule has 3 N–H and O–H groups in total. The van der Waals surface area contributed by atoms with Crippen molar-refractivity contribution in [2.45, 2.75) is 57.4 Å². The van der Waals surface area contributed by atoms with Crippen LogP contribution in [0.2, 0.25) is 0 Å². The van der Waals surface area contributed by atoms with Gasteiger partial charge in [-0.3, -0.25) is 14.8 Å². The molecular weight excluding hydrogens is 506 g/mol. The third-order valence-electron chi connectivity index (χ3n) is 8.21. The van der Waals surface area contributed by atoms with E-state index in [0.29, 0.717) is 11.3 Å². The molecule has 40 heavy (non-hydrogen) atoms. The van der Waals surface area contributed by atoms with Crippen LogP contribution in [0.5, 0.6) is 0 Å². The smallest absolute Gasteiger partial charge is 0.339 e. The summed E-state index contributed by atoms with van der Waals surface area (Å²) in [6, 6.07) is 10.0. The SMILES string of the molecule is CCC[C@@H]1CCCCN1C(=O)c1cncc(-c2cccc(-n3ncc(C(=O)O)c3C3CC3C3=CN(C)NN3)c2)c1. The molecule has 1 saturated heterocycles. The van der Waals surface area contributed by atoms with Gasteiger partial charge in [0.25, 0.3) is 5.91 Å². The van der Waals surface area contributed by atoms with Crippen molar-refractivity contribution in [2.75, 3.05) is 13.6 Å². The minimum Gasteiger partial charge on any atom is -0.478 e. The van der Waals surface area contributed by atoms with Crippen LogP contribution in [0, 0.1) is 5.92 Å². The molecule has 1 amide bonds. The zero-order chi connectivity index (χ0) is 27.8. The third kappa shape index (κ3) is 4.95. The van der Waals surface area contributed by atoms with Gasteiger partial charge in [-0.25, -0.2) is 9.48 Å². The lowest BCUT2D eigenvalue weighted by atomic mass is 9.97. The number of carbonyl (C=O) groups excluding carboxylic acids is 1. The Morgan fingerprint density at radius 2 is 1.98 bits per heavy atom. The van der Waals surface area contributed by atoms with Crippen molar-refractivity contribution in [1.29, 1.82) is 0 Å². The zero-order valence-electron chi connectivity index (χ0n) is 22.9. The highest BCUT2D eigenvalue weighted by molar-refractivity contribution is 5.95. The number of aromatic nitrogens is 3. The van der Waals surface area contributed by atoms with E-state index in [1.165, 1.54) is 12.6 Å². The van der Waals surface area contributed by atoms with Crippen molar-refractivity contribution in [1.82, 2.24) is 35.6 Å². The molecule has 0 radical (unpaired) electrons. The van der Waals surface area contributed by atoms with E-state index in [1.807, 2.05) is 53.5 Å². The topological polar surface area (TPSA) is 116 Å². The number of benzene rings is 1. The number of carboxylic acids is 1. The predicted octanol–water partition coefficient (Wildman–Crippen LogP) is 4.33. The number of allylic oxidation sites excluding steroid dienone is 1. The van der Waals surface area contributed by atoms with Gasteiger partial charge in [0.2, 0.25) is 0 Å². The zero-order valence-corrected chi connectivity index (χ0v) is 22.9. The summed E-state index contributed by atoms with van der Waals surface area (Å²) >= 11 is 0. The molecule has 2 fully saturated rings. The van der Waals surface area contributed by atoms with Crippen molar-refractivity contribution in [2.24, 2.45) is 5.92 Å². The first kappa shape index (κ1) is 26.1. The maximum atomic E-state index is 13.5.